The second kappa shape index (κ2) is 5.52. The zero-order chi connectivity index (χ0) is 11.4. The number of aromatic nitrogens is 1. The predicted molar refractivity (Wildman–Crippen MR) is 61.2 cm³/mol. The maximum atomic E-state index is 11.7. The van der Waals surface area contributed by atoms with Gasteiger partial charge in [-0.05, 0) is 28.1 Å². The summed E-state index contributed by atoms with van der Waals surface area (Å²) < 4.78 is 11.4. The third kappa shape index (κ3) is 3.10. The average Bonchev–Trinajstić information content (AvgIpc) is 2.80. The molecule has 5 heteroatoms. The van der Waals surface area contributed by atoms with Crippen molar-refractivity contribution in [1.82, 2.24) is 4.98 Å². The Hall–Kier alpha value is -0.780. The minimum Gasteiger partial charge on any atom is -0.350 e. The molecule has 0 bridgehead atoms. The van der Waals surface area contributed by atoms with Crippen LogP contribution in [0.4, 0.5) is 0 Å². The van der Waals surface area contributed by atoms with Crippen LogP contribution in [0, 0.1) is 0 Å². The van der Waals surface area contributed by atoms with Crippen LogP contribution < -0.4 is 0 Å². The molecule has 16 heavy (non-hydrogen) atoms. The highest BCUT2D eigenvalue weighted by atomic mass is 79.9. The van der Waals surface area contributed by atoms with E-state index in [0.29, 0.717) is 31.7 Å². The number of halogens is 1. The lowest BCUT2D eigenvalue weighted by Crippen LogP contribution is -2.11. The Morgan fingerprint density at radius 1 is 1.44 bits per heavy atom. The van der Waals surface area contributed by atoms with E-state index >= 15 is 0 Å². The van der Waals surface area contributed by atoms with Gasteiger partial charge in [-0.3, -0.25) is 9.78 Å². The van der Waals surface area contributed by atoms with Crippen molar-refractivity contribution in [3.05, 3.63) is 28.5 Å². The monoisotopic (exact) mass is 285 g/mol. The summed E-state index contributed by atoms with van der Waals surface area (Å²) in [6, 6.07) is 3.52. The van der Waals surface area contributed by atoms with Gasteiger partial charge in [-0.15, -0.1) is 0 Å². The van der Waals surface area contributed by atoms with Gasteiger partial charge in [-0.2, -0.15) is 0 Å². The molecule has 0 amide bonds. The average molecular weight is 286 g/mol. The van der Waals surface area contributed by atoms with Gasteiger partial charge in [0.2, 0.25) is 0 Å². The SMILES string of the molecule is O=C(CCC1OCCO1)c1ccc(Br)cn1. The van der Waals surface area contributed by atoms with Crippen LogP contribution in [0.5, 0.6) is 0 Å². The van der Waals surface area contributed by atoms with Gasteiger partial charge in [0.05, 0.1) is 13.2 Å². The molecule has 0 radical (unpaired) electrons. The first-order valence-corrected chi connectivity index (χ1v) is 5.93. The fourth-order valence-corrected chi connectivity index (χ4v) is 1.73. The first-order valence-electron chi connectivity index (χ1n) is 5.13. The van der Waals surface area contributed by atoms with Crippen molar-refractivity contribution >= 4 is 21.7 Å². The number of nitrogens with zero attached hydrogens (tertiary/aromatic N) is 1. The Labute approximate surface area is 102 Å². The third-order valence-corrected chi connectivity index (χ3v) is 2.78. The van der Waals surface area contributed by atoms with Gasteiger partial charge < -0.3 is 9.47 Å². The number of Topliss-reactive ketones (excluding diaryl/α,β-unsaturated/α-hetero) is 1. The lowest BCUT2D eigenvalue weighted by Gasteiger charge is -2.07. The molecule has 1 aromatic heterocycles. The molecule has 0 unspecified atom stereocenters. The Morgan fingerprint density at radius 2 is 2.19 bits per heavy atom. The minimum absolute atomic E-state index is 0.0200. The first-order chi connectivity index (χ1) is 7.75. The van der Waals surface area contributed by atoms with Crippen molar-refractivity contribution in [2.45, 2.75) is 19.1 Å². The highest BCUT2D eigenvalue weighted by molar-refractivity contribution is 9.10. The van der Waals surface area contributed by atoms with Crippen LogP contribution in [-0.2, 0) is 9.47 Å². The van der Waals surface area contributed by atoms with Crippen LogP contribution in [0.2, 0.25) is 0 Å². The first kappa shape index (κ1) is 11.7. The topological polar surface area (TPSA) is 48.4 Å². The zero-order valence-corrected chi connectivity index (χ0v) is 10.3. The summed E-state index contributed by atoms with van der Waals surface area (Å²) in [5.41, 5.74) is 0.487. The fourth-order valence-electron chi connectivity index (χ4n) is 1.49. The Morgan fingerprint density at radius 3 is 2.81 bits per heavy atom. The molecule has 4 nitrogen and oxygen atoms in total. The number of carbonyl (C=O) groups excluding carboxylic acids is 1. The molecule has 1 aliphatic heterocycles. The summed E-state index contributed by atoms with van der Waals surface area (Å²) in [5.74, 6) is 0.0200. The van der Waals surface area contributed by atoms with Crippen molar-refractivity contribution in [3.63, 3.8) is 0 Å². The molecule has 2 rings (SSSR count). The van der Waals surface area contributed by atoms with Gasteiger partial charge in [0.15, 0.2) is 12.1 Å². The lowest BCUT2D eigenvalue weighted by molar-refractivity contribution is -0.0464. The molecule has 2 heterocycles. The third-order valence-electron chi connectivity index (χ3n) is 2.31. The van der Waals surface area contributed by atoms with E-state index in [1.807, 2.05) is 6.07 Å². The molecular weight excluding hydrogens is 274 g/mol. The standard InChI is InChI=1S/C11H12BrNO3/c12-8-1-2-9(13-7-8)10(14)3-4-11-15-5-6-16-11/h1-2,7,11H,3-6H2. The molecular formula is C11H12BrNO3. The fraction of sp³-hybridized carbons (Fsp3) is 0.455. The summed E-state index contributed by atoms with van der Waals surface area (Å²) in [7, 11) is 0. The van der Waals surface area contributed by atoms with Crippen molar-refractivity contribution < 1.29 is 14.3 Å². The second-order valence-electron chi connectivity index (χ2n) is 3.49. The Balaban J connectivity index is 1.85. The van der Waals surface area contributed by atoms with Gasteiger partial charge in [0.1, 0.15) is 5.69 Å². The van der Waals surface area contributed by atoms with E-state index in [1.54, 1.807) is 12.3 Å². The van der Waals surface area contributed by atoms with Crippen molar-refractivity contribution in [3.8, 4) is 0 Å². The Kier molecular flexibility index (Phi) is 4.04. The summed E-state index contributed by atoms with van der Waals surface area (Å²) in [4.78, 5) is 15.8. The van der Waals surface area contributed by atoms with E-state index in [0.717, 1.165) is 4.47 Å². The number of ether oxygens (including phenoxy) is 2. The van der Waals surface area contributed by atoms with E-state index in [9.17, 15) is 4.79 Å². The number of hydrogen-bond acceptors (Lipinski definition) is 4. The Bertz CT molecular complexity index is 360. The zero-order valence-electron chi connectivity index (χ0n) is 8.69. The van der Waals surface area contributed by atoms with E-state index < -0.39 is 0 Å². The quantitative estimate of drug-likeness (QED) is 0.796. The van der Waals surface area contributed by atoms with Crippen LogP contribution in [0.3, 0.4) is 0 Å². The molecule has 0 aliphatic carbocycles. The number of ketones is 1. The summed E-state index contributed by atoms with van der Waals surface area (Å²) in [5, 5.41) is 0. The van der Waals surface area contributed by atoms with Gasteiger partial charge >= 0.3 is 0 Å². The summed E-state index contributed by atoms with van der Waals surface area (Å²) >= 11 is 3.27. The number of carbonyl (C=O) groups is 1. The van der Waals surface area contributed by atoms with Gasteiger partial charge in [-0.25, -0.2) is 0 Å². The minimum atomic E-state index is -0.223. The number of rotatable bonds is 4. The van der Waals surface area contributed by atoms with Crippen molar-refractivity contribution in [1.29, 1.82) is 0 Å². The highest BCUT2D eigenvalue weighted by Gasteiger charge is 2.18. The maximum absolute atomic E-state index is 11.7. The molecule has 0 atom stereocenters. The van der Waals surface area contributed by atoms with Gasteiger partial charge in [-0.1, -0.05) is 0 Å². The second-order valence-corrected chi connectivity index (χ2v) is 4.41. The van der Waals surface area contributed by atoms with Crippen LogP contribution >= 0.6 is 15.9 Å². The van der Waals surface area contributed by atoms with Crippen molar-refractivity contribution in [2.75, 3.05) is 13.2 Å². The van der Waals surface area contributed by atoms with Crippen LogP contribution in [-0.4, -0.2) is 30.3 Å². The lowest BCUT2D eigenvalue weighted by atomic mass is 10.1. The van der Waals surface area contributed by atoms with E-state index in [2.05, 4.69) is 20.9 Å². The molecule has 0 spiro atoms. The predicted octanol–water partition coefficient (Wildman–Crippen LogP) is 2.18. The molecule has 1 aliphatic rings. The smallest absolute Gasteiger partial charge is 0.181 e. The normalized spacial score (nSPS) is 16.6. The molecule has 1 aromatic rings. The largest absolute Gasteiger partial charge is 0.350 e. The van der Waals surface area contributed by atoms with E-state index in [4.69, 9.17) is 9.47 Å². The maximum Gasteiger partial charge on any atom is 0.181 e. The van der Waals surface area contributed by atoms with Crippen LogP contribution in [0.25, 0.3) is 0 Å². The van der Waals surface area contributed by atoms with Gasteiger partial charge in [0, 0.05) is 23.5 Å². The molecule has 0 aromatic carbocycles. The van der Waals surface area contributed by atoms with E-state index in [1.165, 1.54) is 0 Å². The molecule has 1 fully saturated rings. The van der Waals surface area contributed by atoms with Crippen molar-refractivity contribution in [2.24, 2.45) is 0 Å². The molecule has 86 valence electrons. The molecule has 0 N–H and O–H groups in total. The number of hydrogen-bond donors (Lipinski definition) is 0. The number of pyridine rings is 1. The van der Waals surface area contributed by atoms with Crippen LogP contribution in [0.15, 0.2) is 22.8 Å². The van der Waals surface area contributed by atoms with E-state index in [-0.39, 0.29) is 12.1 Å². The molecule has 0 saturated carbocycles. The summed E-state index contributed by atoms with van der Waals surface area (Å²) in [6.45, 7) is 1.24. The summed E-state index contributed by atoms with van der Waals surface area (Å²) in [6.07, 6.45) is 2.39. The molecule has 1 saturated heterocycles. The van der Waals surface area contributed by atoms with Crippen LogP contribution in [0.1, 0.15) is 23.3 Å². The van der Waals surface area contributed by atoms with Gasteiger partial charge in [0.25, 0.3) is 0 Å². The highest BCUT2D eigenvalue weighted by Crippen LogP contribution is 2.13.